The van der Waals surface area contributed by atoms with Gasteiger partial charge in [-0.1, -0.05) is 42.0 Å². The quantitative estimate of drug-likeness (QED) is 0.653. The first kappa shape index (κ1) is 20.5. The molecule has 1 atom stereocenters. The molecule has 0 radical (unpaired) electrons. The Morgan fingerprint density at radius 3 is 2.48 bits per heavy atom. The number of carbonyl (C=O) groups excluding carboxylic acids is 3. The van der Waals surface area contributed by atoms with Crippen molar-refractivity contribution in [3.05, 3.63) is 65.2 Å². The summed E-state index contributed by atoms with van der Waals surface area (Å²) in [5.41, 5.74) is 2.69. The summed E-state index contributed by atoms with van der Waals surface area (Å²) in [6.45, 7) is 3.34. The van der Waals surface area contributed by atoms with E-state index in [1.807, 2.05) is 31.2 Å². The van der Waals surface area contributed by atoms with Gasteiger partial charge in [-0.05, 0) is 37.5 Å². The molecule has 1 aliphatic heterocycles. The van der Waals surface area contributed by atoms with Crippen LogP contribution in [0.5, 0.6) is 0 Å². The van der Waals surface area contributed by atoms with Crippen LogP contribution in [0.15, 0.2) is 48.5 Å². The first-order valence-electron chi connectivity index (χ1n) is 9.66. The molecule has 3 N–H and O–H groups in total. The molecule has 0 bridgehead atoms. The van der Waals surface area contributed by atoms with Crippen LogP contribution in [0.1, 0.15) is 34.3 Å². The Hall–Kier alpha value is -3.19. The fraction of sp³-hybridized carbons (Fsp3) is 0.318. The van der Waals surface area contributed by atoms with Gasteiger partial charge in [-0.25, -0.2) is 0 Å². The van der Waals surface area contributed by atoms with Crippen molar-refractivity contribution in [1.29, 1.82) is 0 Å². The summed E-state index contributed by atoms with van der Waals surface area (Å²) in [7, 11) is 0. The molecule has 0 aromatic heterocycles. The molecule has 2 aromatic carbocycles. The lowest BCUT2D eigenvalue weighted by Crippen LogP contribution is -2.39. The van der Waals surface area contributed by atoms with Gasteiger partial charge in [0.05, 0.1) is 17.4 Å². The third-order valence-corrected chi connectivity index (χ3v) is 4.71. The van der Waals surface area contributed by atoms with Gasteiger partial charge in [-0.15, -0.1) is 0 Å². The maximum absolute atomic E-state index is 12.6. The topological polar surface area (TPSA) is 96.5 Å². The molecular formula is C22H25N3O4. The van der Waals surface area contributed by atoms with Crippen molar-refractivity contribution in [2.75, 3.05) is 18.5 Å². The van der Waals surface area contributed by atoms with Crippen molar-refractivity contribution < 1.29 is 19.1 Å². The Bertz CT molecular complexity index is 874. The molecule has 3 amide bonds. The van der Waals surface area contributed by atoms with Crippen molar-refractivity contribution in [2.45, 2.75) is 32.4 Å². The Morgan fingerprint density at radius 1 is 1.00 bits per heavy atom. The molecular weight excluding hydrogens is 370 g/mol. The van der Waals surface area contributed by atoms with E-state index in [4.69, 9.17) is 4.74 Å². The van der Waals surface area contributed by atoms with Crippen LogP contribution in [-0.4, -0.2) is 37.0 Å². The highest BCUT2D eigenvalue weighted by atomic mass is 16.5. The van der Waals surface area contributed by atoms with Crippen LogP contribution in [0, 0.1) is 6.92 Å². The minimum Gasteiger partial charge on any atom is -0.376 e. The summed E-state index contributed by atoms with van der Waals surface area (Å²) in [4.78, 5) is 36.8. The van der Waals surface area contributed by atoms with E-state index < -0.39 is 11.8 Å². The lowest BCUT2D eigenvalue weighted by atomic mass is 10.1. The van der Waals surface area contributed by atoms with E-state index in [9.17, 15) is 14.4 Å². The number of aryl methyl sites for hydroxylation is 1. The Kier molecular flexibility index (Phi) is 6.97. The van der Waals surface area contributed by atoms with Crippen molar-refractivity contribution in [3.63, 3.8) is 0 Å². The number of rotatable bonds is 6. The van der Waals surface area contributed by atoms with Crippen molar-refractivity contribution in [3.8, 4) is 0 Å². The number of hydrogen-bond donors (Lipinski definition) is 3. The molecule has 152 valence electrons. The standard InChI is InChI=1S/C22H25N3O4/c1-15-8-10-16(11-9-15)13-23-20(26)18-6-2-3-7-19(18)25-22(28)21(27)24-14-17-5-4-12-29-17/h2-3,6-11,17H,4-5,12-14H2,1H3,(H,23,26)(H,24,27)(H,25,28)/t17-/m0/s1. The molecule has 2 aromatic rings. The number of anilines is 1. The van der Waals surface area contributed by atoms with Crippen LogP contribution >= 0.6 is 0 Å². The van der Waals surface area contributed by atoms with Crippen LogP contribution in [0.2, 0.25) is 0 Å². The summed E-state index contributed by atoms with van der Waals surface area (Å²) >= 11 is 0. The second-order valence-corrected chi connectivity index (χ2v) is 7.01. The Balaban J connectivity index is 1.57. The number of benzene rings is 2. The highest BCUT2D eigenvalue weighted by Gasteiger charge is 2.21. The van der Waals surface area contributed by atoms with Gasteiger partial charge in [0.25, 0.3) is 5.91 Å². The first-order valence-corrected chi connectivity index (χ1v) is 9.66. The number of amides is 3. The van der Waals surface area contributed by atoms with Crippen molar-refractivity contribution >= 4 is 23.4 Å². The molecule has 7 nitrogen and oxygen atoms in total. The highest BCUT2D eigenvalue weighted by Crippen LogP contribution is 2.15. The molecule has 0 saturated carbocycles. The summed E-state index contributed by atoms with van der Waals surface area (Å²) in [5, 5.41) is 7.92. The van der Waals surface area contributed by atoms with Gasteiger partial charge in [-0.3, -0.25) is 14.4 Å². The van der Waals surface area contributed by atoms with Gasteiger partial charge in [0, 0.05) is 19.7 Å². The van der Waals surface area contributed by atoms with E-state index in [0.29, 0.717) is 25.3 Å². The molecule has 0 unspecified atom stereocenters. The summed E-state index contributed by atoms with van der Waals surface area (Å²) in [6, 6.07) is 14.4. The van der Waals surface area contributed by atoms with E-state index in [2.05, 4.69) is 16.0 Å². The number of carbonyl (C=O) groups is 3. The fourth-order valence-corrected chi connectivity index (χ4v) is 3.04. The highest BCUT2D eigenvalue weighted by molar-refractivity contribution is 6.40. The smallest absolute Gasteiger partial charge is 0.313 e. The number of nitrogens with one attached hydrogen (secondary N) is 3. The third-order valence-electron chi connectivity index (χ3n) is 4.71. The third kappa shape index (κ3) is 5.89. The van der Waals surface area contributed by atoms with Crippen LogP contribution in [0.3, 0.4) is 0 Å². The minimum atomic E-state index is -0.818. The second kappa shape index (κ2) is 9.84. The maximum Gasteiger partial charge on any atom is 0.313 e. The van der Waals surface area contributed by atoms with E-state index in [1.54, 1.807) is 24.3 Å². The van der Waals surface area contributed by atoms with Crippen molar-refractivity contribution in [2.24, 2.45) is 0 Å². The van der Waals surface area contributed by atoms with E-state index >= 15 is 0 Å². The van der Waals surface area contributed by atoms with Gasteiger partial charge in [0.1, 0.15) is 0 Å². The zero-order valence-electron chi connectivity index (χ0n) is 16.4. The first-order chi connectivity index (χ1) is 14.0. The molecule has 1 saturated heterocycles. The number of para-hydroxylation sites is 1. The number of ether oxygens (including phenoxy) is 1. The monoisotopic (exact) mass is 395 g/mol. The lowest BCUT2D eigenvalue weighted by molar-refractivity contribution is -0.136. The predicted molar refractivity (Wildman–Crippen MR) is 109 cm³/mol. The molecule has 0 aliphatic carbocycles. The Morgan fingerprint density at radius 2 is 1.76 bits per heavy atom. The van der Waals surface area contributed by atoms with Gasteiger partial charge < -0.3 is 20.7 Å². The summed E-state index contributed by atoms with van der Waals surface area (Å²) < 4.78 is 5.42. The van der Waals surface area contributed by atoms with Gasteiger partial charge in [-0.2, -0.15) is 0 Å². The molecule has 0 spiro atoms. The predicted octanol–water partition coefficient (Wildman–Crippen LogP) is 2.16. The minimum absolute atomic E-state index is 0.0495. The normalized spacial score (nSPS) is 15.6. The zero-order chi connectivity index (χ0) is 20.6. The molecule has 1 heterocycles. The van der Waals surface area contributed by atoms with Crippen LogP contribution in [0.25, 0.3) is 0 Å². The number of hydrogen-bond acceptors (Lipinski definition) is 4. The van der Waals surface area contributed by atoms with Crippen LogP contribution in [-0.2, 0) is 20.9 Å². The zero-order valence-corrected chi connectivity index (χ0v) is 16.4. The average Bonchev–Trinajstić information content (AvgIpc) is 3.25. The molecule has 29 heavy (non-hydrogen) atoms. The van der Waals surface area contributed by atoms with E-state index in [-0.39, 0.29) is 17.7 Å². The molecule has 1 aliphatic rings. The molecule has 7 heteroatoms. The van der Waals surface area contributed by atoms with Crippen LogP contribution < -0.4 is 16.0 Å². The SMILES string of the molecule is Cc1ccc(CNC(=O)c2ccccc2NC(=O)C(=O)NC[C@@H]2CCCO2)cc1. The second-order valence-electron chi connectivity index (χ2n) is 7.01. The van der Waals surface area contributed by atoms with Crippen molar-refractivity contribution in [1.82, 2.24) is 10.6 Å². The molecule has 1 fully saturated rings. The summed E-state index contributed by atoms with van der Waals surface area (Å²) in [6.07, 6.45) is 1.77. The van der Waals surface area contributed by atoms with E-state index in [1.165, 1.54) is 0 Å². The van der Waals surface area contributed by atoms with E-state index in [0.717, 1.165) is 24.0 Å². The Labute approximate surface area is 169 Å². The van der Waals surface area contributed by atoms with Gasteiger partial charge >= 0.3 is 11.8 Å². The lowest BCUT2D eigenvalue weighted by Gasteiger charge is -2.13. The van der Waals surface area contributed by atoms with Crippen LogP contribution in [0.4, 0.5) is 5.69 Å². The summed E-state index contributed by atoms with van der Waals surface area (Å²) in [5.74, 6) is -1.90. The van der Waals surface area contributed by atoms with Gasteiger partial charge in [0.15, 0.2) is 0 Å². The maximum atomic E-state index is 12.6. The largest absolute Gasteiger partial charge is 0.376 e. The van der Waals surface area contributed by atoms with Gasteiger partial charge in [0.2, 0.25) is 0 Å². The fourth-order valence-electron chi connectivity index (χ4n) is 3.04. The molecule has 3 rings (SSSR count). The average molecular weight is 395 g/mol.